The average molecular weight is 417 g/mol. The fourth-order valence-electron chi connectivity index (χ4n) is 3.57. The zero-order valence-electron chi connectivity index (χ0n) is 16.9. The van der Waals surface area contributed by atoms with E-state index in [1.165, 1.54) is 32.1 Å². The Morgan fingerprint density at radius 1 is 1.00 bits per heavy atom. The van der Waals surface area contributed by atoms with Gasteiger partial charge in [0, 0.05) is 11.6 Å². The van der Waals surface area contributed by atoms with Gasteiger partial charge in [0.25, 0.3) is 15.9 Å². The molecule has 0 bridgehead atoms. The number of nitrogens with one attached hydrogen (secondary N) is 2. The van der Waals surface area contributed by atoms with Crippen LogP contribution < -0.4 is 14.8 Å². The van der Waals surface area contributed by atoms with Gasteiger partial charge in [0.15, 0.2) is 0 Å². The number of carbonyl (C=O) groups excluding carboxylic acids is 1. The van der Waals surface area contributed by atoms with Gasteiger partial charge >= 0.3 is 0 Å². The van der Waals surface area contributed by atoms with Crippen LogP contribution in [-0.4, -0.2) is 27.5 Å². The monoisotopic (exact) mass is 416 g/mol. The molecule has 1 aliphatic carbocycles. The lowest BCUT2D eigenvalue weighted by atomic mass is 10.1. The highest BCUT2D eigenvalue weighted by molar-refractivity contribution is 7.92. The van der Waals surface area contributed by atoms with Gasteiger partial charge in [-0.05, 0) is 67.8 Å². The van der Waals surface area contributed by atoms with Gasteiger partial charge in [-0.15, -0.1) is 0 Å². The molecule has 7 heteroatoms. The van der Waals surface area contributed by atoms with Crippen molar-refractivity contribution in [1.82, 2.24) is 5.32 Å². The second kappa shape index (κ2) is 9.31. The summed E-state index contributed by atoms with van der Waals surface area (Å²) in [6, 6.07) is 11.4. The third-order valence-electron chi connectivity index (χ3n) is 5.29. The number of anilines is 1. The molecule has 0 unspecified atom stereocenters. The number of rotatable bonds is 6. The molecule has 0 heterocycles. The molecule has 1 aliphatic rings. The number of benzene rings is 2. The largest absolute Gasteiger partial charge is 0.497 e. The van der Waals surface area contributed by atoms with Crippen LogP contribution in [0.15, 0.2) is 47.4 Å². The van der Waals surface area contributed by atoms with Crippen molar-refractivity contribution in [3.05, 3.63) is 53.6 Å². The molecule has 0 radical (unpaired) electrons. The number of aryl methyl sites for hydroxylation is 1. The van der Waals surface area contributed by atoms with Crippen LogP contribution in [0, 0.1) is 6.92 Å². The number of carbonyl (C=O) groups is 1. The van der Waals surface area contributed by atoms with Gasteiger partial charge in [-0.3, -0.25) is 9.52 Å². The summed E-state index contributed by atoms with van der Waals surface area (Å²) in [5.74, 6) is 0.480. The van der Waals surface area contributed by atoms with E-state index < -0.39 is 10.0 Å². The number of hydrogen-bond acceptors (Lipinski definition) is 4. The Balaban J connectivity index is 1.70. The van der Waals surface area contributed by atoms with Crippen LogP contribution in [0.3, 0.4) is 0 Å². The van der Waals surface area contributed by atoms with Gasteiger partial charge in [0.1, 0.15) is 5.75 Å². The Bertz CT molecular complexity index is 947. The van der Waals surface area contributed by atoms with Crippen molar-refractivity contribution in [2.45, 2.75) is 56.4 Å². The van der Waals surface area contributed by atoms with Crippen LogP contribution in [0.4, 0.5) is 5.69 Å². The van der Waals surface area contributed by atoms with E-state index in [4.69, 9.17) is 4.74 Å². The van der Waals surface area contributed by atoms with Crippen LogP contribution >= 0.6 is 0 Å². The van der Waals surface area contributed by atoms with E-state index in [1.807, 2.05) is 0 Å². The molecular formula is C22H28N2O4S. The van der Waals surface area contributed by atoms with Crippen molar-refractivity contribution in [2.24, 2.45) is 0 Å². The summed E-state index contributed by atoms with van der Waals surface area (Å²) in [4.78, 5) is 12.7. The summed E-state index contributed by atoms with van der Waals surface area (Å²) in [6.45, 7) is 1.79. The number of methoxy groups -OCH3 is 1. The van der Waals surface area contributed by atoms with Crippen LogP contribution in [0.25, 0.3) is 0 Å². The third kappa shape index (κ3) is 5.50. The molecule has 3 rings (SSSR count). The van der Waals surface area contributed by atoms with Gasteiger partial charge in [-0.25, -0.2) is 8.42 Å². The van der Waals surface area contributed by atoms with E-state index in [-0.39, 0.29) is 16.8 Å². The van der Waals surface area contributed by atoms with Crippen LogP contribution in [-0.2, 0) is 10.0 Å². The quantitative estimate of drug-likeness (QED) is 0.689. The summed E-state index contributed by atoms with van der Waals surface area (Å²) in [6.07, 6.45) is 6.80. The first kappa shape index (κ1) is 21.2. The highest BCUT2D eigenvalue weighted by Gasteiger charge is 2.18. The van der Waals surface area contributed by atoms with E-state index in [2.05, 4.69) is 10.0 Å². The number of amides is 1. The van der Waals surface area contributed by atoms with Gasteiger partial charge in [0.2, 0.25) is 0 Å². The highest BCUT2D eigenvalue weighted by Crippen LogP contribution is 2.23. The van der Waals surface area contributed by atoms with Crippen molar-refractivity contribution in [3.8, 4) is 5.75 Å². The summed E-state index contributed by atoms with van der Waals surface area (Å²) in [7, 11) is -2.20. The maximum atomic E-state index is 12.6. The van der Waals surface area contributed by atoms with E-state index in [9.17, 15) is 13.2 Å². The third-order valence-corrected chi connectivity index (χ3v) is 6.67. The second-order valence-corrected chi connectivity index (χ2v) is 9.16. The normalized spacial score (nSPS) is 15.4. The van der Waals surface area contributed by atoms with Gasteiger partial charge < -0.3 is 10.1 Å². The van der Waals surface area contributed by atoms with Crippen molar-refractivity contribution >= 4 is 21.6 Å². The Hall–Kier alpha value is -2.54. The Morgan fingerprint density at radius 2 is 1.66 bits per heavy atom. The van der Waals surface area contributed by atoms with E-state index in [1.54, 1.807) is 37.3 Å². The minimum absolute atomic E-state index is 0.107. The van der Waals surface area contributed by atoms with Gasteiger partial charge in [-0.1, -0.05) is 25.7 Å². The Morgan fingerprint density at radius 3 is 2.24 bits per heavy atom. The van der Waals surface area contributed by atoms with E-state index in [0.29, 0.717) is 22.6 Å². The lowest BCUT2D eigenvalue weighted by Gasteiger charge is -2.17. The van der Waals surface area contributed by atoms with Gasteiger partial charge in [0.05, 0.1) is 17.7 Å². The molecule has 1 amide bonds. The molecule has 6 nitrogen and oxygen atoms in total. The number of hydrogen-bond donors (Lipinski definition) is 2. The summed E-state index contributed by atoms with van der Waals surface area (Å²) in [5, 5.41) is 3.12. The molecule has 0 aromatic heterocycles. The maximum Gasteiger partial charge on any atom is 0.261 e. The summed E-state index contributed by atoms with van der Waals surface area (Å²) >= 11 is 0. The van der Waals surface area contributed by atoms with Crippen LogP contribution in [0.1, 0.15) is 54.4 Å². The zero-order valence-corrected chi connectivity index (χ0v) is 17.7. The smallest absolute Gasteiger partial charge is 0.261 e. The molecular weight excluding hydrogens is 388 g/mol. The average Bonchev–Trinajstić information content (AvgIpc) is 2.98. The lowest BCUT2D eigenvalue weighted by molar-refractivity contribution is 0.0933. The molecule has 1 saturated carbocycles. The predicted octanol–water partition coefficient (Wildman–Crippen LogP) is 4.26. The molecule has 1 fully saturated rings. The molecule has 0 spiro atoms. The molecule has 0 atom stereocenters. The zero-order chi connectivity index (χ0) is 20.9. The highest BCUT2D eigenvalue weighted by atomic mass is 32.2. The van der Waals surface area contributed by atoms with E-state index in [0.717, 1.165) is 25.7 Å². The fraction of sp³-hybridized carbons (Fsp3) is 0.409. The predicted molar refractivity (Wildman–Crippen MR) is 114 cm³/mol. The number of ether oxygens (including phenoxy) is 1. The SMILES string of the molecule is COc1ccc(S(=O)(=O)Nc2ccc(C(=O)NC3CCCCCC3)cc2C)cc1. The van der Waals surface area contributed by atoms with Crippen molar-refractivity contribution < 1.29 is 17.9 Å². The lowest BCUT2D eigenvalue weighted by Crippen LogP contribution is -2.34. The molecule has 0 saturated heterocycles. The first-order chi connectivity index (χ1) is 13.9. The Kier molecular flexibility index (Phi) is 6.79. The number of sulfonamides is 1. The molecule has 2 aromatic rings. The molecule has 2 aromatic carbocycles. The second-order valence-electron chi connectivity index (χ2n) is 7.47. The Labute approximate surface area is 172 Å². The van der Waals surface area contributed by atoms with Crippen LogP contribution in [0.2, 0.25) is 0 Å². The minimum atomic E-state index is -3.73. The molecule has 2 N–H and O–H groups in total. The standard InChI is InChI=1S/C22H28N2O4S/c1-16-15-17(22(25)23-18-7-5-3-4-6-8-18)9-14-21(16)24-29(26,27)20-12-10-19(28-2)11-13-20/h9-15,18,24H,3-8H2,1-2H3,(H,23,25). The topological polar surface area (TPSA) is 84.5 Å². The summed E-state index contributed by atoms with van der Waals surface area (Å²) in [5.41, 5.74) is 1.68. The maximum absolute atomic E-state index is 12.6. The van der Waals surface area contributed by atoms with E-state index >= 15 is 0 Å². The minimum Gasteiger partial charge on any atom is -0.497 e. The first-order valence-electron chi connectivity index (χ1n) is 9.97. The molecule has 156 valence electrons. The summed E-state index contributed by atoms with van der Waals surface area (Å²) < 4.78 is 32.9. The van der Waals surface area contributed by atoms with Crippen LogP contribution in [0.5, 0.6) is 5.75 Å². The first-order valence-corrected chi connectivity index (χ1v) is 11.5. The molecule has 0 aliphatic heterocycles. The van der Waals surface area contributed by atoms with Crippen molar-refractivity contribution in [3.63, 3.8) is 0 Å². The van der Waals surface area contributed by atoms with Crippen molar-refractivity contribution in [1.29, 1.82) is 0 Å². The fourth-order valence-corrected chi connectivity index (χ4v) is 4.70. The molecule has 29 heavy (non-hydrogen) atoms. The van der Waals surface area contributed by atoms with Crippen molar-refractivity contribution in [2.75, 3.05) is 11.8 Å². The van der Waals surface area contributed by atoms with Gasteiger partial charge in [-0.2, -0.15) is 0 Å².